The van der Waals surface area contributed by atoms with E-state index >= 15 is 0 Å². The lowest BCUT2D eigenvalue weighted by Gasteiger charge is -2.29. The summed E-state index contributed by atoms with van der Waals surface area (Å²) in [5, 5.41) is 0. The molecule has 0 amide bonds. The second kappa shape index (κ2) is 9.01. The van der Waals surface area contributed by atoms with E-state index in [1.807, 2.05) is 41.5 Å². The van der Waals surface area contributed by atoms with Crippen LogP contribution in [0.25, 0.3) is 0 Å². The van der Waals surface area contributed by atoms with Crippen molar-refractivity contribution >= 4 is 0 Å². The molecule has 0 aromatic rings. The first-order valence-corrected chi connectivity index (χ1v) is 4.99. The maximum absolute atomic E-state index is 5.24. The van der Waals surface area contributed by atoms with E-state index in [4.69, 9.17) is 9.47 Å². The monoisotopic (exact) mass is 176 g/mol. The molecule has 0 radical (unpaired) electrons. The Morgan fingerprint density at radius 1 is 0.833 bits per heavy atom. The minimum absolute atomic E-state index is 0.321. The van der Waals surface area contributed by atoms with Crippen LogP contribution < -0.4 is 0 Å². The van der Waals surface area contributed by atoms with Gasteiger partial charge in [0.05, 0.1) is 13.2 Å². The summed E-state index contributed by atoms with van der Waals surface area (Å²) in [5.41, 5.74) is 0. The number of hydrogen-bond acceptors (Lipinski definition) is 2. The highest BCUT2D eigenvalue weighted by Gasteiger charge is 2.21. The van der Waals surface area contributed by atoms with Crippen LogP contribution in [0.2, 0.25) is 0 Å². The molecule has 76 valence electrons. The minimum Gasteiger partial charge on any atom is -0.350 e. The zero-order valence-corrected chi connectivity index (χ0v) is 9.44. The van der Waals surface area contributed by atoms with Gasteiger partial charge in [0.15, 0.2) is 5.79 Å². The van der Waals surface area contributed by atoms with Gasteiger partial charge in [-0.25, -0.2) is 0 Å². The van der Waals surface area contributed by atoms with Gasteiger partial charge >= 0.3 is 0 Å². The van der Waals surface area contributed by atoms with Crippen LogP contribution in [0.15, 0.2) is 0 Å². The zero-order valence-electron chi connectivity index (χ0n) is 9.44. The number of rotatable bonds is 0. The first-order chi connectivity index (χ1) is 5.71. The van der Waals surface area contributed by atoms with Crippen LogP contribution in [-0.2, 0) is 9.47 Å². The molecule has 0 N–H and O–H groups in total. The van der Waals surface area contributed by atoms with Crippen LogP contribution in [0.1, 0.15) is 48.0 Å². The normalized spacial score (nSPS) is 19.5. The van der Waals surface area contributed by atoms with Crippen LogP contribution in [0, 0.1) is 0 Å². The summed E-state index contributed by atoms with van der Waals surface area (Å²) < 4.78 is 10.5. The molecule has 0 aromatic heterocycles. The van der Waals surface area contributed by atoms with Crippen molar-refractivity contribution in [1.82, 2.24) is 0 Å². The maximum Gasteiger partial charge on any atom is 0.162 e. The Balaban J connectivity index is 0. The second-order valence-electron chi connectivity index (χ2n) is 2.45. The van der Waals surface area contributed by atoms with Gasteiger partial charge in [0, 0.05) is 0 Å². The Bertz CT molecular complexity index is 71.9. The molecule has 0 atom stereocenters. The van der Waals surface area contributed by atoms with E-state index in [2.05, 4.69) is 0 Å². The van der Waals surface area contributed by atoms with Crippen LogP contribution in [0.4, 0.5) is 0 Å². The maximum atomic E-state index is 5.24. The molecule has 12 heavy (non-hydrogen) atoms. The molecule has 1 rings (SSSR count). The van der Waals surface area contributed by atoms with Crippen LogP contribution >= 0.6 is 0 Å². The molecule has 0 saturated carbocycles. The summed E-state index contributed by atoms with van der Waals surface area (Å²) in [7, 11) is 0. The van der Waals surface area contributed by atoms with E-state index in [1.165, 1.54) is 0 Å². The van der Waals surface area contributed by atoms with Crippen molar-refractivity contribution < 1.29 is 9.47 Å². The highest BCUT2D eigenvalue weighted by Crippen LogP contribution is 2.15. The molecular formula is C10H24O2. The van der Waals surface area contributed by atoms with Gasteiger partial charge in [-0.05, 0) is 20.3 Å². The summed E-state index contributed by atoms with van der Waals surface area (Å²) in [6.07, 6.45) is 1.03. The second-order valence-corrected chi connectivity index (χ2v) is 2.45. The fraction of sp³-hybridized carbons (Fsp3) is 1.00. The highest BCUT2D eigenvalue weighted by molar-refractivity contribution is 4.57. The third-order valence-electron chi connectivity index (χ3n) is 1.19. The molecular weight excluding hydrogens is 152 g/mol. The number of ether oxygens (including phenoxy) is 2. The minimum atomic E-state index is -0.321. The molecule has 1 aliphatic rings. The van der Waals surface area contributed by atoms with Crippen molar-refractivity contribution in [2.24, 2.45) is 0 Å². The van der Waals surface area contributed by atoms with E-state index in [0.717, 1.165) is 19.6 Å². The predicted molar refractivity (Wildman–Crippen MR) is 53.3 cm³/mol. The van der Waals surface area contributed by atoms with Gasteiger partial charge in [-0.2, -0.15) is 0 Å². The standard InChI is InChI=1S/C6H12O2.2C2H6/c1-6(2)7-4-3-5-8-6;2*1-2/h3-5H2,1-2H3;2*1-2H3. The molecule has 0 unspecified atom stereocenters. The lowest BCUT2D eigenvalue weighted by molar-refractivity contribution is -0.244. The molecule has 0 aromatic carbocycles. The summed E-state index contributed by atoms with van der Waals surface area (Å²) in [6, 6.07) is 0. The van der Waals surface area contributed by atoms with Gasteiger partial charge < -0.3 is 9.47 Å². The topological polar surface area (TPSA) is 18.5 Å². The van der Waals surface area contributed by atoms with E-state index in [-0.39, 0.29) is 5.79 Å². The lowest BCUT2D eigenvalue weighted by Crippen LogP contribution is -2.33. The third kappa shape index (κ3) is 8.02. The van der Waals surface area contributed by atoms with Crippen molar-refractivity contribution in [3.63, 3.8) is 0 Å². The first kappa shape index (κ1) is 14.4. The molecule has 1 fully saturated rings. The van der Waals surface area contributed by atoms with Gasteiger partial charge in [0.1, 0.15) is 0 Å². The van der Waals surface area contributed by atoms with E-state index < -0.39 is 0 Å². The largest absolute Gasteiger partial charge is 0.350 e. The summed E-state index contributed by atoms with van der Waals surface area (Å²) >= 11 is 0. The van der Waals surface area contributed by atoms with Gasteiger partial charge in [0.2, 0.25) is 0 Å². The quantitative estimate of drug-likeness (QED) is 0.564. The van der Waals surface area contributed by atoms with Crippen molar-refractivity contribution in [2.45, 2.75) is 53.8 Å². The van der Waals surface area contributed by atoms with Crippen LogP contribution in [0.3, 0.4) is 0 Å². The summed E-state index contributed by atoms with van der Waals surface area (Å²) in [6.45, 7) is 13.6. The summed E-state index contributed by atoms with van der Waals surface area (Å²) in [4.78, 5) is 0. The molecule has 0 aliphatic carbocycles. The SMILES string of the molecule is CC.CC.CC1(C)OCCCO1. The molecule has 2 heteroatoms. The third-order valence-corrected chi connectivity index (χ3v) is 1.19. The Hall–Kier alpha value is -0.0800. The van der Waals surface area contributed by atoms with Crippen molar-refractivity contribution in [3.8, 4) is 0 Å². The average molecular weight is 176 g/mol. The predicted octanol–water partition coefficient (Wildman–Crippen LogP) is 3.21. The zero-order chi connectivity index (χ0) is 10.0. The molecule has 1 aliphatic heterocycles. The van der Waals surface area contributed by atoms with E-state index in [9.17, 15) is 0 Å². The van der Waals surface area contributed by atoms with E-state index in [0.29, 0.717) is 0 Å². The van der Waals surface area contributed by atoms with E-state index in [1.54, 1.807) is 0 Å². The molecule has 0 bridgehead atoms. The van der Waals surface area contributed by atoms with Crippen molar-refractivity contribution in [1.29, 1.82) is 0 Å². The molecule has 2 nitrogen and oxygen atoms in total. The number of hydrogen-bond donors (Lipinski definition) is 0. The van der Waals surface area contributed by atoms with Gasteiger partial charge in [0.25, 0.3) is 0 Å². The fourth-order valence-electron chi connectivity index (χ4n) is 0.737. The van der Waals surface area contributed by atoms with Crippen molar-refractivity contribution in [3.05, 3.63) is 0 Å². The van der Waals surface area contributed by atoms with Crippen LogP contribution in [-0.4, -0.2) is 19.0 Å². The molecule has 1 heterocycles. The lowest BCUT2D eigenvalue weighted by atomic mass is 10.3. The Morgan fingerprint density at radius 3 is 1.33 bits per heavy atom. The van der Waals surface area contributed by atoms with Crippen molar-refractivity contribution in [2.75, 3.05) is 13.2 Å². The Morgan fingerprint density at radius 2 is 1.17 bits per heavy atom. The van der Waals surface area contributed by atoms with Crippen LogP contribution in [0.5, 0.6) is 0 Å². The highest BCUT2D eigenvalue weighted by atomic mass is 16.7. The molecule has 0 spiro atoms. The summed E-state index contributed by atoms with van der Waals surface area (Å²) in [5.74, 6) is -0.321. The fourth-order valence-corrected chi connectivity index (χ4v) is 0.737. The van der Waals surface area contributed by atoms with Gasteiger partial charge in [-0.15, -0.1) is 0 Å². The Labute approximate surface area is 77.3 Å². The average Bonchev–Trinajstić information content (AvgIpc) is 2.11. The Kier molecular flexibility index (Phi) is 10.8. The molecule has 1 saturated heterocycles. The smallest absolute Gasteiger partial charge is 0.162 e. The first-order valence-electron chi connectivity index (χ1n) is 4.99. The van der Waals surface area contributed by atoms with Gasteiger partial charge in [-0.3, -0.25) is 0 Å². The van der Waals surface area contributed by atoms with Gasteiger partial charge in [-0.1, -0.05) is 27.7 Å².